The predicted molar refractivity (Wildman–Crippen MR) is 118 cm³/mol. The van der Waals surface area contributed by atoms with E-state index in [1.165, 1.54) is 30.7 Å². The van der Waals surface area contributed by atoms with E-state index in [4.69, 9.17) is 11.5 Å². The molecule has 0 bridgehead atoms. The SMILES string of the molecule is Nc1ccc(S2(c3ccc(N)cc3)c3ccccc3Cc3ccccc32)cc1. The lowest BCUT2D eigenvalue weighted by Crippen LogP contribution is -2.14. The van der Waals surface area contributed by atoms with Crippen LogP contribution >= 0.6 is 10.0 Å². The topological polar surface area (TPSA) is 52.0 Å². The lowest BCUT2D eigenvalue weighted by atomic mass is 10.0. The lowest BCUT2D eigenvalue weighted by molar-refractivity contribution is 1.02. The molecule has 4 aromatic carbocycles. The average molecular weight is 383 g/mol. The van der Waals surface area contributed by atoms with Gasteiger partial charge >= 0.3 is 0 Å². The third kappa shape index (κ3) is 2.44. The standard InChI is InChI=1S/C25H22N2S/c26-20-9-13-22(14-10-20)28(23-15-11-21(27)12-16-23)24-7-3-1-5-18(24)17-19-6-2-4-8-25(19)28/h1-16H,17,26-27H2. The van der Waals surface area contributed by atoms with Gasteiger partial charge in [-0.15, -0.1) is 10.0 Å². The molecular weight excluding hydrogens is 360 g/mol. The summed E-state index contributed by atoms with van der Waals surface area (Å²) in [6.45, 7) is 0. The molecule has 2 nitrogen and oxygen atoms in total. The molecule has 0 saturated carbocycles. The van der Waals surface area contributed by atoms with Crippen molar-refractivity contribution in [2.75, 3.05) is 11.5 Å². The van der Waals surface area contributed by atoms with Gasteiger partial charge in [-0.25, -0.2) is 0 Å². The molecule has 0 unspecified atom stereocenters. The minimum absolute atomic E-state index is 0.785. The number of nitrogen functional groups attached to an aromatic ring is 2. The maximum absolute atomic E-state index is 6.04. The van der Waals surface area contributed by atoms with E-state index < -0.39 is 10.0 Å². The summed E-state index contributed by atoms with van der Waals surface area (Å²) in [5, 5.41) is 0. The number of hydrogen-bond donors (Lipinski definition) is 2. The van der Waals surface area contributed by atoms with Crippen LogP contribution in [0.1, 0.15) is 11.1 Å². The number of anilines is 2. The Morgan fingerprint density at radius 1 is 0.500 bits per heavy atom. The van der Waals surface area contributed by atoms with E-state index in [0.29, 0.717) is 0 Å². The minimum Gasteiger partial charge on any atom is -0.399 e. The van der Waals surface area contributed by atoms with Gasteiger partial charge in [-0.2, -0.15) is 0 Å². The molecule has 4 aromatic rings. The quantitative estimate of drug-likeness (QED) is 0.363. The zero-order valence-electron chi connectivity index (χ0n) is 15.5. The first-order valence-corrected chi connectivity index (χ1v) is 11.0. The van der Waals surface area contributed by atoms with Crippen molar-refractivity contribution >= 4 is 21.4 Å². The predicted octanol–water partition coefficient (Wildman–Crippen LogP) is 6.10. The zero-order valence-corrected chi connectivity index (χ0v) is 16.3. The van der Waals surface area contributed by atoms with Crippen LogP contribution in [0.15, 0.2) is 117 Å². The maximum Gasteiger partial charge on any atom is 0.0314 e. The normalized spacial score (nSPS) is 15.3. The first kappa shape index (κ1) is 17.0. The smallest absolute Gasteiger partial charge is 0.0314 e. The first-order chi connectivity index (χ1) is 13.7. The van der Waals surface area contributed by atoms with Crippen molar-refractivity contribution in [1.82, 2.24) is 0 Å². The Hall–Kier alpha value is -3.17. The highest BCUT2D eigenvalue weighted by Crippen LogP contribution is 2.76. The molecule has 1 aliphatic rings. The van der Waals surface area contributed by atoms with Crippen molar-refractivity contribution in [2.45, 2.75) is 26.0 Å². The molecule has 0 saturated heterocycles. The van der Waals surface area contributed by atoms with Crippen LogP contribution in [-0.2, 0) is 6.42 Å². The summed E-state index contributed by atoms with van der Waals surface area (Å²) in [5.74, 6) is 0. The van der Waals surface area contributed by atoms with Crippen molar-refractivity contribution in [1.29, 1.82) is 0 Å². The number of hydrogen-bond acceptors (Lipinski definition) is 2. The summed E-state index contributed by atoms with van der Waals surface area (Å²) in [7, 11) is -1.62. The zero-order chi connectivity index (χ0) is 19.1. The molecule has 0 fully saturated rings. The summed E-state index contributed by atoms with van der Waals surface area (Å²) in [6, 6.07) is 34.6. The molecule has 28 heavy (non-hydrogen) atoms. The molecule has 0 atom stereocenters. The van der Waals surface area contributed by atoms with Crippen molar-refractivity contribution < 1.29 is 0 Å². The monoisotopic (exact) mass is 382 g/mol. The summed E-state index contributed by atoms with van der Waals surface area (Å²) >= 11 is 0. The van der Waals surface area contributed by atoms with Crippen LogP contribution in [0.3, 0.4) is 0 Å². The Kier molecular flexibility index (Phi) is 3.92. The Labute approximate surface area is 167 Å². The number of fused-ring (bicyclic) bond motifs is 2. The van der Waals surface area contributed by atoms with E-state index in [1.807, 2.05) is 24.3 Å². The second-order valence-corrected chi connectivity index (χ2v) is 10.2. The van der Waals surface area contributed by atoms with E-state index in [9.17, 15) is 0 Å². The van der Waals surface area contributed by atoms with Gasteiger partial charge < -0.3 is 11.5 Å². The van der Waals surface area contributed by atoms with Gasteiger partial charge in [-0.05, 0) is 78.2 Å². The Morgan fingerprint density at radius 2 is 0.893 bits per heavy atom. The fraction of sp³-hybridized carbons (Fsp3) is 0.0400. The lowest BCUT2D eigenvalue weighted by Gasteiger charge is -2.46. The molecule has 0 amide bonds. The Bertz CT molecular complexity index is 1050. The third-order valence-electron chi connectivity index (χ3n) is 5.45. The maximum atomic E-state index is 6.04. The number of benzene rings is 4. The van der Waals surface area contributed by atoms with Crippen LogP contribution in [0.5, 0.6) is 0 Å². The van der Waals surface area contributed by atoms with Gasteiger partial charge in [0, 0.05) is 31.0 Å². The van der Waals surface area contributed by atoms with Crippen LogP contribution in [0.25, 0.3) is 0 Å². The molecule has 4 N–H and O–H groups in total. The summed E-state index contributed by atoms with van der Waals surface area (Å²) in [4.78, 5) is 5.41. The summed E-state index contributed by atoms with van der Waals surface area (Å²) in [5.41, 5.74) is 16.4. The molecule has 1 heterocycles. The van der Waals surface area contributed by atoms with Gasteiger partial charge in [-0.3, -0.25) is 0 Å². The van der Waals surface area contributed by atoms with Crippen LogP contribution < -0.4 is 11.5 Å². The minimum atomic E-state index is -1.62. The molecule has 0 aliphatic carbocycles. The van der Waals surface area contributed by atoms with Crippen LogP contribution in [0, 0.1) is 0 Å². The average Bonchev–Trinajstić information content (AvgIpc) is 2.73. The summed E-state index contributed by atoms with van der Waals surface area (Å²) in [6.07, 6.45) is 0.963. The number of rotatable bonds is 2. The molecule has 0 aromatic heterocycles. The van der Waals surface area contributed by atoms with E-state index in [-0.39, 0.29) is 0 Å². The Balaban J connectivity index is 1.94. The molecule has 138 valence electrons. The van der Waals surface area contributed by atoms with Gasteiger partial charge in [-0.1, -0.05) is 36.4 Å². The summed E-state index contributed by atoms with van der Waals surface area (Å²) < 4.78 is 0. The second-order valence-electron chi connectivity index (χ2n) is 7.14. The van der Waals surface area contributed by atoms with E-state index in [1.54, 1.807) is 0 Å². The highest BCUT2D eigenvalue weighted by molar-refractivity contribution is 8.34. The first-order valence-electron chi connectivity index (χ1n) is 9.40. The molecule has 0 radical (unpaired) electrons. The third-order valence-corrected chi connectivity index (χ3v) is 9.53. The highest BCUT2D eigenvalue weighted by Gasteiger charge is 2.39. The van der Waals surface area contributed by atoms with Crippen molar-refractivity contribution in [3.05, 3.63) is 108 Å². The molecular formula is C25H22N2S. The van der Waals surface area contributed by atoms with Gasteiger partial charge in [0.15, 0.2) is 0 Å². The van der Waals surface area contributed by atoms with E-state index >= 15 is 0 Å². The second kappa shape index (κ2) is 6.47. The molecule has 0 spiro atoms. The van der Waals surface area contributed by atoms with Gasteiger partial charge in [0.1, 0.15) is 0 Å². The van der Waals surface area contributed by atoms with Crippen LogP contribution in [0.2, 0.25) is 0 Å². The molecule has 3 heteroatoms. The highest BCUT2D eigenvalue weighted by atomic mass is 32.3. The van der Waals surface area contributed by atoms with E-state index in [2.05, 4.69) is 72.8 Å². The van der Waals surface area contributed by atoms with Gasteiger partial charge in [0.25, 0.3) is 0 Å². The largest absolute Gasteiger partial charge is 0.399 e. The van der Waals surface area contributed by atoms with Crippen molar-refractivity contribution in [3.63, 3.8) is 0 Å². The van der Waals surface area contributed by atoms with Crippen molar-refractivity contribution in [2.24, 2.45) is 0 Å². The number of nitrogens with two attached hydrogens (primary N) is 2. The Morgan fingerprint density at radius 3 is 1.32 bits per heavy atom. The molecule has 5 rings (SSSR count). The van der Waals surface area contributed by atoms with Crippen LogP contribution in [0.4, 0.5) is 11.4 Å². The molecule has 1 aliphatic heterocycles. The van der Waals surface area contributed by atoms with Crippen LogP contribution in [-0.4, -0.2) is 0 Å². The van der Waals surface area contributed by atoms with Crippen molar-refractivity contribution in [3.8, 4) is 0 Å². The van der Waals surface area contributed by atoms with Gasteiger partial charge in [0.05, 0.1) is 0 Å². The fourth-order valence-electron chi connectivity index (χ4n) is 4.21. The van der Waals surface area contributed by atoms with E-state index in [0.717, 1.165) is 17.8 Å². The fourth-order valence-corrected chi connectivity index (χ4v) is 8.45. The van der Waals surface area contributed by atoms with Gasteiger partial charge in [0.2, 0.25) is 0 Å².